The van der Waals surface area contributed by atoms with E-state index in [4.69, 9.17) is 27.9 Å². The van der Waals surface area contributed by atoms with Gasteiger partial charge in [-0.15, -0.1) is 11.6 Å². The normalized spacial score (nSPS) is 18.9. The molecule has 0 radical (unpaired) electrons. The van der Waals surface area contributed by atoms with Gasteiger partial charge in [0, 0.05) is 10.6 Å². The van der Waals surface area contributed by atoms with Gasteiger partial charge < -0.3 is 4.74 Å². The van der Waals surface area contributed by atoms with E-state index in [9.17, 15) is 0 Å². The summed E-state index contributed by atoms with van der Waals surface area (Å²) in [5.41, 5.74) is 0.980. The summed E-state index contributed by atoms with van der Waals surface area (Å²) in [5.74, 6) is 2.00. The molecule has 0 bridgehead atoms. The van der Waals surface area contributed by atoms with E-state index in [1.807, 2.05) is 12.1 Å². The van der Waals surface area contributed by atoms with Crippen LogP contribution in [0.2, 0.25) is 5.02 Å². The number of ether oxygens (including phenoxy) is 1. The van der Waals surface area contributed by atoms with E-state index in [0.29, 0.717) is 10.9 Å². The first-order valence-corrected chi connectivity index (χ1v) is 7.32. The molecule has 0 N–H and O–H groups in total. The zero-order valence-corrected chi connectivity index (χ0v) is 12.9. The van der Waals surface area contributed by atoms with Crippen LogP contribution in [-0.4, -0.2) is 7.11 Å². The van der Waals surface area contributed by atoms with Crippen LogP contribution in [0.3, 0.4) is 0 Å². The van der Waals surface area contributed by atoms with Crippen molar-refractivity contribution in [2.24, 2.45) is 11.8 Å². The molecule has 2 unspecified atom stereocenters. The molecule has 1 aromatic carbocycles. The summed E-state index contributed by atoms with van der Waals surface area (Å²) in [5, 5.41) is 0.633. The minimum absolute atomic E-state index is 0.0487. The van der Waals surface area contributed by atoms with Crippen LogP contribution in [0.1, 0.15) is 30.7 Å². The standard InChI is InChI=1S/C13H15BrCl2O/c1-7(8-3-4-8)12(16)10-5-9(15)6-11(14)13(10)17-2/h5-8,12H,3-4H2,1-2H3. The van der Waals surface area contributed by atoms with Crippen molar-refractivity contribution in [3.63, 3.8) is 0 Å². The minimum Gasteiger partial charge on any atom is -0.495 e. The molecule has 2 rings (SSSR count). The average Bonchev–Trinajstić information content (AvgIpc) is 3.10. The van der Waals surface area contributed by atoms with E-state index in [1.54, 1.807) is 7.11 Å². The third kappa shape index (κ3) is 2.91. The summed E-state index contributed by atoms with van der Waals surface area (Å²) in [4.78, 5) is 0. The Morgan fingerprint density at radius 2 is 2.06 bits per heavy atom. The van der Waals surface area contributed by atoms with Crippen LogP contribution >= 0.6 is 39.1 Å². The fourth-order valence-electron chi connectivity index (χ4n) is 2.14. The fourth-order valence-corrected chi connectivity index (χ4v) is 3.51. The number of methoxy groups -OCH3 is 1. The molecular formula is C13H15BrCl2O. The summed E-state index contributed by atoms with van der Waals surface area (Å²) in [6.45, 7) is 2.20. The SMILES string of the molecule is COc1c(Br)cc(Cl)cc1C(Cl)C(C)C1CC1. The van der Waals surface area contributed by atoms with E-state index in [-0.39, 0.29) is 5.38 Å². The number of hydrogen-bond donors (Lipinski definition) is 0. The Bertz CT molecular complexity index is 418. The van der Waals surface area contributed by atoms with Gasteiger partial charge in [-0.05, 0) is 52.7 Å². The maximum absolute atomic E-state index is 6.56. The number of hydrogen-bond acceptors (Lipinski definition) is 1. The maximum atomic E-state index is 6.56. The number of alkyl halides is 1. The van der Waals surface area contributed by atoms with Crippen LogP contribution in [0, 0.1) is 11.8 Å². The second-order valence-electron chi connectivity index (χ2n) is 4.61. The van der Waals surface area contributed by atoms with Crippen LogP contribution in [0.25, 0.3) is 0 Å². The summed E-state index contributed by atoms with van der Waals surface area (Å²) >= 11 is 16.1. The summed E-state index contributed by atoms with van der Waals surface area (Å²) in [6, 6.07) is 3.73. The van der Waals surface area contributed by atoms with Crippen molar-refractivity contribution in [1.82, 2.24) is 0 Å². The van der Waals surface area contributed by atoms with Gasteiger partial charge in [-0.2, -0.15) is 0 Å². The fraction of sp³-hybridized carbons (Fsp3) is 0.538. The molecule has 1 aliphatic rings. The molecule has 0 heterocycles. The Morgan fingerprint density at radius 3 is 2.59 bits per heavy atom. The second-order valence-corrected chi connectivity index (χ2v) is 6.37. The molecule has 1 saturated carbocycles. The molecule has 1 nitrogen and oxygen atoms in total. The third-order valence-electron chi connectivity index (χ3n) is 3.37. The van der Waals surface area contributed by atoms with Gasteiger partial charge >= 0.3 is 0 Å². The highest BCUT2D eigenvalue weighted by Gasteiger charge is 2.34. The maximum Gasteiger partial charge on any atom is 0.137 e. The molecule has 4 heteroatoms. The van der Waals surface area contributed by atoms with Gasteiger partial charge in [-0.1, -0.05) is 18.5 Å². The first kappa shape index (κ1) is 13.5. The van der Waals surface area contributed by atoms with E-state index in [2.05, 4.69) is 22.9 Å². The highest BCUT2D eigenvalue weighted by atomic mass is 79.9. The molecule has 0 amide bonds. The molecule has 94 valence electrons. The van der Waals surface area contributed by atoms with E-state index >= 15 is 0 Å². The van der Waals surface area contributed by atoms with Crippen molar-refractivity contribution in [2.75, 3.05) is 7.11 Å². The lowest BCUT2D eigenvalue weighted by molar-refractivity contribution is 0.397. The molecule has 2 atom stereocenters. The molecule has 0 aliphatic heterocycles. The number of rotatable bonds is 4. The van der Waals surface area contributed by atoms with E-state index in [1.165, 1.54) is 12.8 Å². The Kier molecular flexibility index (Phi) is 4.27. The monoisotopic (exact) mass is 336 g/mol. The van der Waals surface area contributed by atoms with Gasteiger partial charge in [-0.3, -0.25) is 0 Å². The van der Waals surface area contributed by atoms with Crippen molar-refractivity contribution >= 4 is 39.1 Å². The van der Waals surface area contributed by atoms with Gasteiger partial charge in [0.2, 0.25) is 0 Å². The van der Waals surface area contributed by atoms with Crippen molar-refractivity contribution < 1.29 is 4.74 Å². The van der Waals surface area contributed by atoms with Gasteiger partial charge in [0.15, 0.2) is 0 Å². The summed E-state index contributed by atoms with van der Waals surface area (Å²) in [6.07, 6.45) is 2.57. The Labute approximate surface area is 121 Å². The van der Waals surface area contributed by atoms with Gasteiger partial charge in [-0.25, -0.2) is 0 Å². The zero-order valence-electron chi connectivity index (χ0n) is 9.84. The molecule has 17 heavy (non-hydrogen) atoms. The van der Waals surface area contributed by atoms with Crippen molar-refractivity contribution in [3.8, 4) is 5.75 Å². The van der Waals surface area contributed by atoms with Crippen LogP contribution in [-0.2, 0) is 0 Å². The van der Waals surface area contributed by atoms with Crippen LogP contribution < -0.4 is 4.74 Å². The summed E-state index contributed by atoms with van der Waals surface area (Å²) in [7, 11) is 1.66. The van der Waals surface area contributed by atoms with Gasteiger partial charge in [0.25, 0.3) is 0 Å². The first-order chi connectivity index (χ1) is 8.04. The highest BCUT2D eigenvalue weighted by molar-refractivity contribution is 9.10. The van der Waals surface area contributed by atoms with Gasteiger partial charge in [0.1, 0.15) is 5.75 Å². The number of halogens is 3. The molecule has 0 saturated heterocycles. The Hall–Kier alpha value is 0.0800. The van der Waals surface area contributed by atoms with Crippen molar-refractivity contribution in [1.29, 1.82) is 0 Å². The molecular weight excluding hydrogens is 323 g/mol. The molecule has 0 spiro atoms. The van der Waals surface area contributed by atoms with Crippen molar-refractivity contribution in [2.45, 2.75) is 25.1 Å². The highest BCUT2D eigenvalue weighted by Crippen LogP contribution is 2.48. The smallest absolute Gasteiger partial charge is 0.137 e. The zero-order chi connectivity index (χ0) is 12.6. The average molecular weight is 338 g/mol. The quantitative estimate of drug-likeness (QED) is 0.665. The van der Waals surface area contributed by atoms with Crippen LogP contribution in [0.15, 0.2) is 16.6 Å². The molecule has 0 aromatic heterocycles. The minimum atomic E-state index is -0.0487. The Balaban J connectivity index is 2.35. The Morgan fingerprint density at radius 1 is 1.41 bits per heavy atom. The van der Waals surface area contributed by atoms with E-state index < -0.39 is 0 Å². The molecule has 1 fully saturated rings. The predicted octanol–water partition coefficient (Wildman–Crippen LogP) is 5.44. The predicted molar refractivity (Wildman–Crippen MR) is 76.2 cm³/mol. The number of benzene rings is 1. The molecule has 1 aliphatic carbocycles. The van der Waals surface area contributed by atoms with Crippen molar-refractivity contribution in [3.05, 3.63) is 27.2 Å². The lowest BCUT2D eigenvalue weighted by Crippen LogP contribution is -2.08. The largest absolute Gasteiger partial charge is 0.495 e. The first-order valence-electron chi connectivity index (χ1n) is 5.71. The third-order valence-corrected chi connectivity index (χ3v) is 4.81. The van der Waals surface area contributed by atoms with Crippen LogP contribution in [0.4, 0.5) is 0 Å². The van der Waals surface area contributed by atoms with E-state index in [0.717, 1.165) is 21.7 Å². The summed E-state index contributed by atoms with van der Waals surface area (Å²) < 4.78 is 6.27. The van der Waals surface area contributed by atoms with Gasteiger partial charge in [0.05, 0.1) is 17.0 Å². The lowest BCUT2D eigenvalue weighted by atomic mass is 9.95. The second kappa shape index (κ2) is 5.38. The lowest BCUT2D eigenvalue weighted by Gasteiger charge is -2.21. The molecule has 1 aromatic rings. The van der Waals surface area contributed by atoms with Crippen LogP contribution in [0.5, 0.6) is 5.75 Å². The topological polar surface area (TPSA) is 9.23 Å².